The van der Waals surface area contributed by atoms with E-state index in [9.17, 15) is 8.42 Å². The monoisotopic (exact) mass is 275 g/mol. The summed E-state index contributed by atoms with van der Waals surface area (Å²) < 4.78 is 26.1. The molecule has 0 aliphatic carbocycles. The van der Waals surface area contributed by atoms with Crippen LogP contribution in [0, 0.1) is 6.92 Å². The van der Waals surface area contributed by atoms with Crippen LogP contribution >= 0.6 is 0 Å². The minimum absolute atomic E-state index is 0.134. The van der Waals surface area contributed by atoms with Gasteiger partial charge in [0.05, 0.1) is 4.90 Å². The molecule has 100 valence electrons. The van der Waals surface area contributed by atoms with E-state index in [0.29, 0.717) is 4.90 Å². The third kappa shape index (κ3) is 2.63. The first-order chi connectivity index (χ1) is 8.95. The molecule has 1 atom stereocenters. The fourth-order valence-electron chi connectivity index (χ4n) is 1.78. The summed E-state index contributed by atoms with van der Waals surface area (Å²) in [6.07, 6.45) is 5.00. The Hall–Kier alpha value is -1.81. The van der Waals surface area contributed by atoms with Crippen LogP contribution in [0.3, 0.4) is 0 Å². The van der Waals surface area contributed by atoms with Gasteiger partial charge in [-0.25, -0.2) is 12.4 Å². The Morgan fingerprint density at radius 2 is 1.84 bits per heavy atom. The summed E-state index contributed by atoms with van der Waals surface area (Å²) in [5.41, 5.74) is 1.97. The number of nitrogens with zero attached hydrogens (tertiary/aromatic N) is 1. The maximum atomic E-state index is 12.4. The predicted octanol–water partition coefficient (Wildman–Crippen LogP) is 3.32. The van der Waals surface area contributed by atoms with Crippen LogP contribution in [-0.2, 0) is 10.0 Å². The third-order valence-electron chi connectivity index (χ3n) is 3.17. The van der Waals surface area contributed by atoms with E-state index in [2.05, 4.69) is 6.58 Å². The van der Waals surface area contributed by atoms with Crippen LogP contribution in [0.2, 0.25) is 0 Å². The fraction of sp³-hybridized carbons (Fsp3) is 0.200. The molecule has 0 saturated carbocycles. The van der Waals surface area contributed by atoms with Gasteiger partial charge in [0.25, 0.3) is 10.0 Å². The summed E-state index contributed by atoms with van der Waals surface area (Å²) >= 11 is 0. The molecular weight excluding hydrogens is 258 g/mol. The zero-order valence-electron chi connectivity index (χ0n) is 11.1. The van der Waals surface area contributed by atoms with Crippen LogP contribution in [0.5, 0.6) is 0 Å². The van der Waals surface area contributed by atoms with Crippen LogP contribution < -0.4 is 0 Å². The van der Waals surface area contributed by atoms with Crippen molar-refractivity contribution < 1.29 is 8.42 Å². The third-order valence-corrected chi connectivity index (χ3v) is 4.82. The fourth-order valence-corrected chi connectivity index (χ4v) is 2.98. The highest BCUT2D eigenvalue weighted by atomic mass is 32.2. The molecule has 0 fully saturated rings. The second kappa shape index (κ2) is 5.05. The molecule has 3 nitrogen and oxygen atoms in total. The van der Waals surface area contributed by atoms with Crippen molar-refractivity contribution in [2.75, 3.05) is 0 Å². The topological polar surface area (TPSA) is 39.1 Å². The van der Waals surface area contributed by atoms with E-state index in [0.717, 1.165) is 11.1 Å². The summed E-state index contributed by atoms with van der Waals surface area (Å²) in [5.74, 6) is 0.134. The Kier molecular flexibility index (Phi) is 3.62. The molecule has 0 bridgehead atoms. The standard InChI is InChI=1S/C15H17NO2S/c1-4-13(3)14-9-10-16(11-14)19(17,18)15-7-5-12(2)6-8-15/h4-11,13H,1H2,2-3H3. The molecule has 0 N–H and O–H groups in total. The minimum atomic E-state index is -3.49. The normalized spacial score (nSPS) is 13.2. The lowest BCUT2D eigenvalue weighted by Crippen LogP contribution is -2.10. The molecule has 1 unspecified atom stereocenters. The van der Waals surface area contributed by atoms with Gasteiger partial charge in [-0.15, -0.1) is 6.58 Å². The Morgan fingerprint density at radius 1 is 1.21 bits per heavy atom. The van der Waals surface area contributed by atoms with Crippen molar-refractivity contribution in [1.29, 1.82) is 0 Å². The van der Waals surface area contributed by atoms with E-state index in [1.54, 1.807) is 48.8 Å². The maximum absolute atomic E-state index is 12.4. The van der Waals surface area contributed by atoms with Gasteiger partial charge in [-0.2, -0.15) is 0 Å². The molecule has 0 saturated heterocycles. The first-order valence-corrected chi connectivity index (χ1v) is 7.52. The van der Waals surface area contributed by atoms with Crippen molar-refractivity contribution in [3.05, 3.63) is 66.5 Å². The lowest BCUT2D eigenvalue weighted by Gasteiger charge is -2.06. The Balaban J connectivity index is 2.42. The van der Waals surface area contributed by atoms with Crippen molar-refractivity contribution in [2.24, 2.45) is 0 Å². The molecular formula is C15H17NO2S. The average Bonchev–Trinajstić information content (AvgIpc) is 2.88. The average molecular weight is 275 g/mol. The highest BCUT2D eigenvalue weighted by Crippen LogP contribution is 2.20. The van der Waals surface area contributed by atoms with Crippen molar-refractivity contribution in [2.45, 2.75) is 24.7 Å². The smallest absolute Gasteiger partial charge is 0.249 e. The molecule has 0 amide bonds. The number of benzene rings is 1. The first kappa shape index (κ1) is 13.6. The zero-order valence-corrected chi connectivity index (χ0v) is 11.9. The van der Waals surface area contributed by atoms with E-state index in [4.69, 9.17) is 0 Å². The highest BCUT2D eigenvalue weighted by molar-refractivity contribution is 7.90. The summed E-state index contributed by atoms with van der Waals surface area (Å²) in [7, 11) is -3.49. The van der Waals surface area contributed by atoms with Gasteiger partial charge in [-0.3, -0.25) is 0 Å². The summed E-state index contributed by atoms with van der Waals surface area (Å²) in [4.78, 5) is 0.298. The second-order valence-electron chi connectivity index (χ2n) is 4.62. The van der Waals surface area contributed by atoms with Crippen molar-refractivity contribution in [3.8, 4) is 0 Å². The van der Waals surface area contributed by atoms with Gasteiger partial charge in [0.2, 0.25) is 0 Å². The Labute approximate surface area is 114 Å². The molecule has 2 rings (SSSR count). The van der Waals surface area contributed by atoms with Gasteiger partial charge in [-0.05, 0) is 30.7 Å². The lowest BCUT2D eigenvalue weighted by atomic mass is 10.1. The zero-order chi connectivity index (χ0) is 14.0. The number of allylic oxidation sites excluding steroid dienone is 1. The highest BCUT2D eigenvalue weighted by Gasteiger charge is 2.17. The molecule has 0 aliphatic heterocycles. The van der Waals surface area contributed by atoms with Crippen LogP contribution in [0.25, 0.3) is 0 Å². The molecule has 0 spiro atoms. The number of rotatable bonds is 4. The largest absolute Gasteiger partial charge is 0.267 e. The lowest BCUT2D eigenvalue weighted by molar-refractivity contribution is 0.587. The van der Waals surface area contributed by atoms with Gasteiger partial charge >= 0.3 is 0 Å². The number of hydrogen-bond acceptors (Lipinski definition) is 2. The van der Waals surface area contributed by atoms with Crippen LogP contribution in [0.1, 0.15) is 24.0 Å². The van der Waals surface area contributed by atoms with Crippen molar-refractivity contribution >= 4 is 10.0 Å². The van der Waals surface area contributed by atoms with Gasteiger partial charge < -0.3 is 0 Å². The maximum Gasteiger partial charge on any atom is 0.267 e. The van der Waals surface area contributed by atoms with E-state index in [1.807, 2.05) is 13.8 Å². The molecule has 1 aromatic heterocycles. The number of aromatic nitrogens is 1. The summed E-state index contributed by atoms with van der Waals surface area (Å²) in [6.45, 7) is 7.62. The van der Waals surface area contributed by atoms with Gasteiger partial charge in [-0.1, -0.05) is 30.7 Å². The van der Waals surface area contributed by atoms with Crippen LogP contribution in [0.15, 0.2) is 60.3 Å². The molecule has 0 aliphatic rings. The van der Waals surface area contributed by atoms with E-state index < -0.39 is 10.0 Å². The van der Waals surface area contributed by atoms with Crippen molar-refractivity contribution in [3.63, 3.8) is 0 Å². The van der Waals surface area contributed by atoms with Crippen LogP contribution in [0.4, 0.5) is 0 Å². The van der Waals surface area contributed by atoms with Gasteiger partial charge in [0, 0.05) is 18.3 Å². The summed E-state index contributed by atoms with van der Waals surface area (Å²) in [6, 6.07) is 8.65. The second-order valence-corrected chi connectivity index (χ2v) is 6.46. The first-order valence-electron chi connectivity index (χ1n) is 6.08. The van der Waals surface area contributed by atoms with E-state index in [1.165, 1.54) is 3.97 Å². The summed E-state index contributed by atoms with van der Waals surface area (Å²) in [5, 5.41) is 0. The molecule has 1 heterocycles. The number of aryl methyl sites for hydroxylation is 1. The Bertz CT molecular complexity index is 681. The predicted molar refractivity (Wildman–Crippen MR) is 76.8 cm³/mol. The SMILES string of the molecule is C=CC(C)c1ccn(S(=O)(=O)c2ccc(C)cc2)c1. The molecule has 1 aromatic carbocycles. The van der Waals surface area contributed by atoms with Gasteiger partial charge in [0.15, 0.2) is 0 Å². The molecule has 19 heavy (non-hydrogen) atoms. The van der Waals surface area contributed by atoms with Crippen molar-refractivity contribution in [1.82, 2.24) is 3.97 Å². The van der Waals surface area contributed by atoms with E-state index in [-0.39, 0.29) is 5.92 Å². The van der Waals surface area contributed by atoms with Crippen LogP contribution in [-0.4, -0.2) is 12.4 Å². The Morgan fingerprint density at radius 3 is 2.42 bits per heavy atom. The van der Waals surface area contributed by atoms with Gasteiger partial charge in [0.1, 0.15) is 0 Å². The molecule has 2 aromatic rings. The quantitative estimate of drug-likeness (QED) is 0.803. The van der Waals surface area contributed by atoms with E-state index >= 15 is 0 Å². The minimum Gasteiger partial charge on any atom is -0.249 e. The number of hydrogen-bond donors (Lipinski definition) is 0. The molecule has 0 radical (unpaired) electrons. The molecule has 4 heteroatoms.